The molecule has 4 N–H and O–H groups in total. The molecule has 0 aliphatic heterocycles. The summed E-state index contributed by atoms with van der Waals surface area (Å²) in [6.07, 6.45) is -0.492. The molecule has 0 saturated carbocycles. The molecular weight excluding hydrogens is 330 g/mol. The molecule has 0 aliphatic rings. The summed E-state index contributed by atoms with van der Waals surface area (Å²) in [5.74, 6) is -1.00. The van der Waals surface area contributed by atoms with Crippen molar-refractivity contribution in [1.29, 1.82) is 0 Å². The lowest BCUT2D eigenvalue weighted by Gasteiger charge is -2.20. The maximum absolute atomic E-state index is 11.5. The van der Waals surface area contributed by atoms with E-state index in [1.54, 1.807) is 26.8 Å². The standard InChI is InChI=1S/C16H23N3O4S/c1-10-5-6-11(13(20)21)9-12(10)19-14(24)17-7-8-18-15(22)23-16(2,3)4/h5-6,9H,7-8H2,1-4H3,(H,18,22)(H,20,21)(H2,17,19,24). The van der Waals surface area contributed by atoms with E-state index in [-0.39, 0.29) is 5.56 Å². The van der Waals surface area contributed by atoms with Gasteiger partial charge in [0, 0.05) is 18.8 Å². The molecule has 0 radical (unpaired) electrons. The van der Waals surface area contributed by atoms with Crippen molar-refractivity contribution in [2.75, 3.05) is 18.4 Å². The first-order chi connectivity index (χ1) is 11.1. The van der Waals surface area contributed by atoms with Gasteiger partial charge in [-0.05, 0) is 57.6 Å². The summed E-state index contributed by atoms with van der Waals surface area (Å²) in [6.45, 7) is 7.96. The minimum atomic E-state index is -1.00. The maximum atomic E-state index is 11.5. The highest BCUT2D eigenvalue weighted by molar-refractivity contribution is 7.80. The number of benzene rings is 1. The SMILES string of the molecule is Cc1ccc(C(=O)O)cc1NC(=S)NCCNC(=O)OC(C)(C)C. The van der Waals surface area contributed by atoms with Gasteiger partial charge in [0.25, 0.3) is 0 Å². The van der Waals surface area contributed by atoms with Crippen molar-refractivity contribution in [3.63, 3.8) is 0 Å². The van der Waals surface area contributed by atoms with Crippen LogP contribution in [-0.4, -0.2) is 41.0 Å². The van der Waals surface area contributed by atoms with E-state index in [0.717, 1.165) is 5.56 Å². The lowest BCUT2D eigenvalue weighted by Crippen LogP contribution is -2.39. The van der Waals surface area contributed by atoms with Crippen molar-refractivity contribution < 1.29 is 19.4 Å². The van der Waals surface area contributed by atoms with Crippen LogP contribution in [0.15, 0.2) is 18.2 Å². The Labute approximate surface area is 146 Å². The number of anilines is 1. The van der Waals surface area contributed by atoms with Gasteiger partial charge in [0.1, 0.15) is 5.60 Å². The van der Waals surface area contributed by atoms with Gasteiger partial charge < -0.3 is 25.8 Å². The first kappa shape index (κ1) is 19.7. The molecule has 1 rings (SSSR count). The average Bonchev–Trinajstić information content (AvgIpc) is 2.44. The van der Waals surface area contributed by atoms with Crippen LogP contribution in [0.5, 0.6) is 0 Å². The zero-order valence-corrected chi connectivity index (χ0v) is 15.0. The summed E-state index contributed by atoms with van der Waals surface area (Å²) in [7, 11) is 0. The van der Waals surface area contributed by atoms with Crippen LogP contribution in [-0.2, 0) is 4.74 Å². The molecule has 0 saturated heterocycles. The van der Waals surface area contributed by atoms with Crippen LogP contribution in [0.1, 0.15) is 36.7 Å². The Balaban J connectivity index is 2.41. The fourth-order valence-electron chi connectivity index (χ4n) is 1.71. The molecule has 0 fully saturated rings. The number of hydrogen-bond acceptors (Lipinski definition) is 4. The van der Waals surface area contributed by atoms with Gasteiger partial charge in [-0.25, -0.2) is 9.59 Å². The molecule has 0 heterocycles. The minimum Gasteiger partial charge on any atom is -0.478 e. The van der Waals surface area contributed by atoms with Crippen LogP contribution in [0.4, 0.5) is 10.5 Å². The zero-order valence-electron chi connectivity index (χ0n) is 14.2. The van der Waals surface area contributed by atoms with Gasteiger partial charge in [-0.2, -0.15) is 0 Å². The molecule has 1 aromatic carbocycles. The molecule has 1 aromatic rings. The van der Waals surface area contributed by atoms with Crippen molar-refractivity contribution in [3.8, 4) is 0 Å². The molecule has 8 heteroatoms. The fourth-order valence-corrected chi connectivity index (χ4v) is 1.92. The predicted molar refractivity (Wildman–Crippen MR) is 96.6 cm³/mol. The van der Waals surface area contributed by atoms with Crippen molar-refractivity contribution in [2.24, 2.45) is 0 Å². The number of aromatic carboxylic acids is 1. The first-order valence-electron chi connectivity index (χ1n) is 7.44. The number of carboxylic acid groups (broad SMARTS) is 1. The summed E-state index contributed by atoms with van der Waals surface area (Å²) >= 11 is 5.16. The average molecular weight is 353 g/mol. The number of alkyl carbamates (subject to hydrolysis) is 1. The number of carboxylic acids is 1. The van der Waals surface area contributed by atoms with E-state index in [2.05, 4.69) is 16.0 Å². The third-order valence-electron chi connectivity index (χ3n) is 2.81. The number of rotatable bonds is 5. The lowest BCUT2D eigenvalue weighted by atomic mass is 10.1. The monoisotopic (exact) mass is 353 g/mol. The Kier molecular flexibility index (Phi) is 6.97. The molecule has 0 spiro atoms. The Bertz CT molecular complexity index is 626. The number of ether oxygens (including phenoxy) is 1. The van der Waals surface area contributed by atoms with E-state index < -0.39 is 17.7 Å². The number of nitrogens with one attached hydrogen (secondary N) is 3. The molecule has 0 aromatic heterocycles. The Morgan fingerprint density at radius 2 is 1.83 bits per heavy atom. The molecule has 7 nitrogen and oxygen atoms in total. The lowest BCUT2D eigenvalue weighted by molar-refractivity contribution is 0.0528. The molecule has 1 amide bonds. The van der Waals surface area contributed by atoms with Gasteiger partial charge in [0.15, 0.2) is 5.11 Å². The molecule has 0 atom stereocenters. The smallest absolute Gasteiger partial charge is 0.407 e. The van der Waals surface area contributed by atoms with Crippen LogP contribution in [0.25, 0.3) is 0 Å². The Morgan fingerprint density at radius 3 is 2.42 bits per heavy atom. The number of aryl methyl sites for hydroxylation is 1. The summed E-state index contributed by atoms with van der Waals surface area (Å²) in [5.41, 5.74) is 1.13. The Hall–Kier alpha value is -2.35. The normalized spacial score (nSPS) is 10.7. The Morgan fingerprint density at radius 1 is 1.21 bits per heavy atom. The number of carbonyl (C=O) groups is 2. The van der Waals surface area contributed by atoms with Gasteiger partial charge in [-0.3, -0.25) is 0 Å². The third-order valence-corrected chi connectivity index (χ3v) is 3.06. The third kappa shape index (κ3) is 7.28. The molecule has 0 aliphatic carbocycles. The molecule has 24 heavy (non-hydrogen) atoms. The van der Waals surface area contributed by atoms with E-state index >= 15 is 0 Å². The zero-order chi connectivity index (χ0) is 18.3. The number of carbonyl (C=O) groups excluding carboxylic acids is 1. The van der Waals surface area contributed by atoms with Gasteiger partial charge in [-0.15, -0.1) is 0 Å². The van der Waals surface area contributed by atoms with Gasteiger partial charge in [0.05, 0.1) is 5.56 Å². The topological polar surface area (TPSA) is 99.7 Å². The fraction of sp³-hybridized carbons (Fsp3) is 0.438. The quantitative estimate of drug-likeness (QED) is 0.477. The highest BCUT2D eigenvalue weighted by Gasteiger charge is 2.15. The van der Waals surface area contributed by atoms with E-state index in [4.69, 9.17) is 22.1 Å². The maximum Gasteiger partial charge on any atom is 0.407 e. The van der Waals surface area contributed by atoms with Crippen LogP contribution in [0.3, 0.4) is 0 Å². The molecular formula is C16H23N3O4S. The van der Waals surface area contributed by atoms with Crippen molar-refractivity contribution in [3.05, 3.63) is 29.3 Å². The second-order valence-electron chi connectivity index (χ2n) is 6.14. The summed E-state index contributed by atoms with van der Waals surface area (Å²) in [6, 6.07) is 4.76. The van der Waals surface area contributed by atoms with Crippen molar-refractivity contribution >= 4 is 35.1 Å². The van der Waals surface area contributed by atoms with Gasteiger partial charge >= 0.3 is 12.1 Å². The largest absolute Gasteiger partial charge is 0.478 e. The molecule has 0 unspecified atom stereocenters. The van der Waals surface area contributed by atoms with Crippen LogP contribution < -0.4 is 16.0 Å². The van der Waals surface area contributed by atoms with Crippen LogP contribution in [0.2, 0.25) is 0 Å². The van der Waals surface area contributed by atoms with E-state index in [0.29, 0.717) is 23.9 Å². The number of amides is 1. The summed E-state index contributed by atoms with van der Waals surface area (Å²) < 4.78 is 5.11. The van der Waals surface area contributed by atoms with E-state index in [1.807, 2.05) is 6.92 Å². The van der Waals surface area contributed by atoms with Crippen molar-refractivity contribution in [1.82, 2.24) is 10.6 Å². The first-order valence-corrected chi connectivity index (χ1v) is 7.85. The number of hydrogen-bond donors (Lipinski definition) is 4. The molecule has 0 bridgehead atoms. The van der Waals surface area contributed by atoms with Crippen molar-refractivity contribution in [2.45, 2.75) is 33.3 Å². The number of thiocarbonyl (C=S) groups is 1. The highest BCUT2D eigenvalue weighted by Crippen LogP contribution is 2.16. The minimum absolute atomic E-state index is 0.178. The van der Waals surface area contributed by atoms with E-state index in [9.17, 15) is 9.59 Å². The highest BCUT2D eigenvalue weighted by atomic mass is 32.1. The van der Waals surface area contributed by atoms with Gasteiger partial charge in [0.2, 0.25) is 0 Å². The second kappa shape index (κ2) is 8.49. The van der Waals surface area contributed by atoms with Crippen LogP contribution in [0, 0.1) is 6.92 Å². The predicted octanol–water partition coefficient (Wildman–Crippen LogP) is 2.50. The van der Waals surface area contributed by atoms with E-state index in [1.165, 1.54) is 12.1 Å². The summed E-state index contributed by atoms with van der Waals surface area (Å²) in [4.78, 5) is 22.5. The summed E-state index contributed by atoms with van der Waals surface area (Å²) in [5, 5.41) is 17.8. The second-order valence-corrected chi connectivity index (χ2v) is 6.55. The van der Waals surface area contributed by atoms with Gasteiger partial charge in [-0.1, -0.05) is 6.07 Å². The molecule has 132 valence electrons. The van der Waals surface area contributed by atoms with Crippen LogP contribution >= 0.6 is 12.2 Å².